The number of ether oxygens (including phenoxy) is 1. The first-order valence-corrected chi connectivity index (χ1v) is 9.41. The van der Waals surface area contributed by atoms with Crippen LogP contribution in [0, 0.1) is 0 Å². The average molecular weight is 386 g/mol. The Bertz CT molecular complexity index is 835. The van der Waals surface area contributed by atoms with Crippen molar-refractivity contribution in [2.24, 2.45) is 7.05 Å². The highest BCUT2D eigenvalue weighted by molar-refractivity contribution is 5.88. The molecule has 2 aromatic rings. The number of aromatic carboxylic acids is 1. The molecule has 1 fully saturated rings. The van der Waals surface area contributed by atoms with Gasteiger partial charge in [0.1, 0.15) is 0 Å². The van der Waals surface area contributed by atoms with E-state index in [1.54, 1.807) is 16.8 Å². The topological polar surface area (TPSA) is 96.7 Å². The monoisotopic (exact) mass is 386 g/mol. The number of hydrogen-bond acceptors (Lipinski definition) is 5. The molecule has 1 aliphatic heterocycles. The van der Waals surface area contributed by atoms with Crippen LogP contribution in [0.2, 0.25) is 0 Å². The van der Waals surface area contributed by atoms with Gasteiger partial charge < -0.3 is 15.2 Å². The van der Waals surface area contributed by atoms with Gasteiger partial charge >= 0.3 is 5.97 Å². The van der Waals surface area contributed by atoms with Crippen molar-refractivity contribution in [1.82, 2.24) is 20.0 Å². The minimum absolute atomic E-state index is 0.0306. The Kier molecular flexibility index (Phi) is 6.43. The molecular weight excluding hydrogens is 360 g/mol. The van der Waals surface area contributed by atoms with Crippen molar-refractivity contribution in [3.63, 3.8) is 0 Å². The lowest BCUT2D eigenvalue weighted by atomic mass is 10.0. The van der Waals surface area contributed by atoms with Gasteiger partial charge in [0.25, 0.3) is 0 Å². The van der Waals surface area contributed by atoms with E-state index in [1.165, 1.54) is 12.1 Å². The van der Waals surface area contributed by atoms with E-state index in [4.69, 9.17) is 9.84 Å². The number of carboxylic acid groups (broad SMARTS) is 1. The van der Waals surface area contributed by atoms with Gasteiger partial charge in [-0.3, -0.25) is 14.4 Å². The molecule has 1 aromatic carbocycles. The summed E-state index contributed by atoms with van der Waals surface area (Å²) in [7, 11) is 1.88. The predicted octanol–water partition coefficient (Wildman–Crippen LogP) is 1.24. The number of carbonyl (C=O) groups excluding carboxylic acids is 1. The number of nitrogens with zero attached hydrogens (tertiary/aromatic N) is 3. The maximum Gasteiger partial charge on any atom is 0.335 e. The third-order valence-corrected chi connectivity index (χ3v) is 4.97. The first-order valence-electron chi connectivity index (χ1n) is 9.41. The fourth-order valence-corrected chi connectivity index (χ4v) is 3.61. The van der Waals surface area contributed by atoms with Crippen LogP contribution in [0.5, 0.6) is 0 Å². The Hall–Kier alpha value is -2.71. The summed E-state index contributed by atoms with van der Waals surface area (Å²) in [6.45, 7) is 4.83. The van der Waals surface area contributed by atoms with E-state index < -0.39 is 5.97 Å². The highest BCUT2D eigenvalue weighted by atomic mass is 16.5. The van der Waals surface area contributed by atoms with E-state index in [1.807, 2.05) is 19.4 Å². The molecule has 8 nitrogen and oxygen atoms in total. The highest BCUT2D eigenvalue weighted by Gasteiger charge is 2.33. The second-order valence-corrected chi connectivity index (χ2v) is 6.92. The molecule has 2 N–H and O–H groups in total. The summed E-state index contributed by atoms with van der Waals surface area (Å²) in [6.07, 6.45) is 3.78. The number of aryl methyl sites for hydroxylation is 1. The van der Waals surface area contributed by atoms with Crippen LogP contribution in [-0.2, 0) is 23.0 Å². The summed E-state index contributed by atoms with van der Waals surface area (Å²) in [6, 6.07) is 6.46. The lowest BCUT2D eigenvalue weighted by Gasteiger charge is -2.40. The van der Waals surface area contributed by atoms with E-state index in [2.05, 4.69) is 22.2 Å². The van der Waals surface area contributed by atoms with Gasteiger partial charge in [-0.05, 0) is 24.2 Å². The van der Waals surface area contributed by atoms with Gasteiger partial charge in [0.2, 0.25) is 5.91 Å². The van der Waals surface area contributed by atoms with Gasteiger partial charge in [0, 0.05) is 31.9 Å². The lowest BCUT2D eigenvalue weighted by molar-refractivity contribution is -0.122. The summed E-state index contributed by atoms with van der Waals surface area (Å²) >= 11 is 0. The molecule has 0 radical (unpaired) electrons. The SMILES string of the molecule is CCN1CCO[C@@H](CNC(=O)Cc2cccc(C(=O)O)c2)[C@@H]1c1cnn(C)c1. The van der Waals surface area contributed by atoms with Crippen LogP contribution >= 0.6 is 0 Å². The number of rotatable bonds is 7. The molecule has 28 heavy (non-hydrogen) atoms. The quantitative estimate of drug-likeness (QED) is 0.743. The Morgan fingerprint density at radius 1 is 1.39 bits per heavy atom. The first-order chi connectivity index (χ1) is 13.5. The number of amides is 1. The van der Waals surface area contributed by atoms with Crippen molar-refractivity contribution in [2.75, 3.05) is 26.2 Å². The van der Waals surface area contributed by atoms with Crippen LogP contribution in [-0.4, -0.2) is 64.0 Å². The van der Waals surface area contributed by atoms with E-state index in [0.29, 0.717) is 18.7 Å². The van der Waals surface area contributed by atoms with Gasteiger partial charge in [-0.15, -0.1) is 0 Å². The van der Waals surface area contributed by atoms with Crippen LogP contribution in [0.4, 0.5) is 0 Å². The fraction of sp³-hybridized carbons (Fsp3) is 0.450. The van der Waals surface area contributed by atoms with Gasteiger partial charge in [0.15, 0.2) is 0 Å². The molecular formula is C20H26N4O4. The number of likely N-dealkylation sites (N-methyl/N-ethyl adjacent to an activating group) is 1. The van der Waals surface area contributed by atoms with Crippen LogP contribution in [0.25, 0.3) is 0 Å². The van der Waals surface area contributed by atoms with Gasteiger partial charge in [-0.1, -0.05) is 19.1 Å². The van der Waals surface area contributed by atoms with Gasteiger partial charge in [-0.25, -0.2) is 4.79 Å². The third kappa shape index (κ3) is 4.76. The zero-order valence-electron chi connectivity index (χ0n) is 16.2. The van der Waals surface area contributed by atoms with Gasteiger partial charge in [-0.2, -0.15) is 5.10 Å². The van der Waals surface area contributed by atoms with Gasteiger partial charge in [0.05, 0.1) is 36.9 Å². The Morgan fingerprint density at radius 3 is 2.89 bits per heavy atom. The Balaban J connectivity index is 1.63. The maximum atomic E-state index is 12.4. The smallest absolute Gasteiger partial charge is 0.335 e. The summed E-state index contributed by atoms with van der Waals surface area (Å²) in [5, 5.41) is 16.3. The number of nitrogens with one attached hydrogen (secondary N) is 1. The van der Waals surface area contributed by atoms with E-state index in [0.717, 1.165) is 18.7 Å². The van der Waals surface area contributed by atoms with Crippen molar-refractivity contribution in [2.45, 2.75) is 25.5 Å². The molecule has 3 rings (SSSR count). The summed E-state index contributed by atoms with van der Waals surface area (Å²) in [5.74, 6) is -1.17. The van der Waals surface area contributed by atoms with Crippen molar-refractivity contribution >= 4 is 11.9 Å². The molecule has 1 amide bonds. The normalized spacial score (nSPS) is 20.1. The second-order valence-electron chi connectivity index (χ2n) is 6.92. The van der Waals surface area contributed by atoms with E-state index in [9.17, 15) is 9.59 Å². The summed E-state index contributed by atoms with van der Waals surface area (Å²) in [4.78, 5) is 25.8. The number of hydrogen-bond donors (Lipinski definition) is 2. The molecule has 0 spiro atoms. The molecule has 2 atom stereocenters. The average Bonchev–Trinajstić information content (AvgIpc) is 3.12. The van der Waals surface area contributed by atoms with Crippen LogP contribution in [0.15, 0.2) is 36.7 Å². The van der Waals surface area contributed by atoms with Crippen LogP contribution in [0.3, 0.4) is 0 Å². The molecule has 0 unspecified atom stereocenters. The highest BCUT2D eigenvalue weighted by Crippen LogP contribution is 2.28. The second kappa shape index (κ2) is 8.99. The van der Waals surface area contributed by atoms with Crippen LogP contribution in [0.1, 0.15) is 34.5 Å². The standard InChI is InChI=1S/C20H26N4O4/c1-3-24-7-8-28-17(19(24)16-11-22-23(2)13-16)12-21-18(25)10-14-5-4-6-15(9-14)20(26)27/h4-6,9,11,13,17,19H,3,7-8,10,12H2,1-2H3,(H,21,25)(H,26,27)/t17-,19-/m0/s1. The summed E-state index contributed by atoms with van der Waals surface area (Å²) < 4.78 is 7.73. The first kappa shape index (κ1) is 20.0. The maximum absolute atomic E-state index is 12.4. The van der Waals surface area contributed by atoms with Crippen LogP contribution < -0.4 is 5.32 Å². The summed E-state index contributed by atoms with van der Waals surface area (Å²) in [5.41, 5.74) is 1.91. The third-order valence-electron chi connectivity index (χ3n) is 4.97. The van der Waals surface area contributed by atoms with Crippen molar-refractivity contribution in [1.29, 1.82) is 0 Å². The van der Waals surface area contributed by atoms with E-state index >= 15 is 0 Å². The molecule has 0 aliphatic carbocycles. The molecule has 1 saturated heterocycles. The Labute approximate surface area is 164 Å². The molecule has 1 aromatic heterocycles. The van der Waals surface area contributed by atoms with Crippen molar-refractivity contribution in [3.8, 4) is 0 Å². The number of benzene rings is 1. The molecule has 0 bridgehead atoms. The number of morpholine rings is 1. The largest absolute Gasteiger partial charge is 0.478 e. The Morgan fingerprint density at radius 2 is 2.21 bits per heavy atom. The molecule has 2 heterocycles. The lowest BCUT2D eigenvalue weighted by Crippen LogP contribution is -2.49. The predicted molar refractivity (Wildman–Crippen MR) is 103 cm³/mol. The number of carboxylic acids is 1. The number of carbonyl (C=O) groups is 2. The fourth-order valence-electron chi connectivity index (χ4n) is 3.61. The minimum Gasteiger partial charge on any atom is -0.478 e. The molecule has 0 saturated carbocycles. The minimum atomic E-state index is -1.00. The molecule has 150 valence electrons. The molecule has 8 heteroatoms. The van der Waals surface area contributed by atoms with E-state index in [-0.39, 0.29) is 30.0 Å². The van der Waals surface area contributed by atoms with Crippen molar-refractivity contribution < 1.29 is 19.4 Å². The number of aromatic nitrogens is 2. The van der Waals surface area contributed by atoms with Crippen molar-refractivity contribution in [3.05, 3.63) is 53.3 Å². The zero-order valence-corrected chi connectivity index (χ0v) is 16.2. The molecule has 1 aliphatic rings. The zero-order chi connectivity index (χ0) is 20.1.